The number of ether oxygens (including phenoxy) is 2. The largest absolute Gasteiger partial charge is 0.389 e. The van der Waals surface area contributed by atoms with E-state index in [1.807, 2.05) is 4.90 Å². The molecule has 3 fully saturated rings. The van der Waals surface area contributed by atoms with Gasteiger partial charge < -0.3 is 25.2 Å². The lowest BCUT2D eigenvalue weighted by Gasteiger charge is -2.57. The summed E-state index contributed by atoms with van der Waals surface area (Å²) in [6.07, 6.45) is 2.81. The van der Waals surface area contributed by atoms with Gasteiger partial charge >= 0.3 is 0 Å². The number of carbonyl (C=O) groups excluding carboxylic acids is 1. The maximum atomic E-state index is 13.2. The fraction of sp³-hybridized carbons (Fsp3) is 0.706. The molecule has 0 bridgehead atoms. The molecule has 3 aliphatic rings. The summed E-state index contributed by atoms with van der Waals surface area (Å²) < 4.78 is 11.2. The number of hydrogen-bond acceptors (Lipinski definition) is 7. The number of carbonyl (C=O) groups is 1. The minimum Gasteiger partial charge on any atom is -0.389 e. The van der Waals surface area contributed by atoms with Crippen LogP contribution in [0.3, 0.4) is 0 Å². The molecule has 0 radical (unpaired) electrons. The molecule has 3 N–H and O–H groups in total. The monoisotopic (exact) mass is 348 g/mol. The van der Waals surface area contributed by atoms with E-state index in [1.165, 1.54) is 6.20 Å². The van der Waals surface area contributed by atoms with Crippen molar-refractivity contribution in [3.8, 4) is 0 Å². The Bertz CT molecular complexity index is 685. The number of aromatic nitrogens is 2. The highest BCUT2D eigenvalue weighted by atomic mass is 16.5. The van der Waals surface area contributed by atoms with E-state index >= 15 is 0 Å². The molecular formula is C17H24N4O4. The number of likely N-dealkylation sites (tertiary alicyclic amines) is 1. The molecule has 1 aromatic heterocycles. The predicted molar refractivity (Wildman–Crippen MR) is 88.8 cm³/mol. The smallest absolute Gasteiger partial charge is 0.257 e. The number of nitrogens with two attached hydrogens (primary N) is 1. The molecular weight excluding hydrogens is 324 g/mol. The Kier molecular flexibility index (Phi) is 4.13. The van der Waals surface area contributed by atoms with Crippen LogP contribution in [0, 0.1) is 18.8 Å². The number of fused-ring (bicyclic) bond motifs is 3. The second-order valence-electron chi connectivity index (χ2n) is 7.24. The highest BCUT2D eigenvalue weighted by molar-refractivity contribution is 5.95. The summed E-state index contributed by atoms with van der Waals surface area (Å²) in [6.45, 7) is 4.31. The molecule has 1 aromatic rings. The zero-order chi connectivity index (χ0) is 17.6. The number of nitrogen functional groups attached to an aromatic ring is 1. The van der Waals surface area contributed by atoms with Crippen LogP contribution in [0.5, 0.6) is 0 Å². The Morgan fingerprint density at radius 1 is 1.40 bits per heavy atom. The van der Waals surface area contributed by atoms with Crippen LogP contribution in [-0.4, -0.2) is 70.5 Å². The van der Waals surface area contributed by atoms with Crippen molar-refractivity contribution in [2.24, 2.45) is 11.8 Å². The van der Waals surface area contributed by atoms with Crippen molar-refractivity contribution in [3.05, 3.63) is 17.5 Å². The third-order valence-electron chi connectivity index (χ3n) is 5.94. The van der Waals surface area contributed by atoms with Crippen LogP contribution in [0.1, 0.15) is 28.9 Å². The Morgan fingerprint density at radius 2 is 2.20 bits per heavy atom. The number of nitrogens with zero attached hydrogens (tertiary/aromatic N) is 3. The molecule has 0 aromatic carbocycles. The van der Waals surface area contributed by atoms with Crippen molar-refractivity contribution in [1.82, 2.24) is 14.9 Å². The molecule has 0 spiro atoms. The van der Waals surface area contributed by atoms with Crippen molar-refractivity contribution in [1.29, 1.82) is 0 Å². The minimum absolute atomic E-state index is 0.0439. The lowest BCUT2D eigenvalue weighted by atomic mass is 9.66. The first-order chi connectivity index (χ1) is 12.0. The number of piperidine rings is 1. The Morgan fingerprint density at radius 3 is 3.00 bits per heavy atom. The Labute approximate surface area is 146 Å². The summed E-state index contributed by atoms with van der Waals surface area (Å²) in [5, 5.41) is 11.3. The van der Waals surface area contributed by atoms with Crippen LogP contribution in [0.4, 0.5) is 5.95 Å². The van der Waals surface area contributed by atoms with E-state index in [4.69, 9.17) is 15.2 Å². The van der Waals surface area contributed by atoms with Crippen LogP contribution in [0.2, 0.25) is 0 Å². The fourth-order valence-electron chi connectivity index (χ4n) is 4.54. The lowest BCUT2D eigenvalue weighted by molar-refractivity contribution is -0.212. The molecule has 0 saturated carbocycles. The SMILES string of the molecule is Cc1nc(N)ncc1C(=O)N1C[C@H]2COCC[C@@]2(O)[C@@H]2COCC[C@@H]21. The molecule has 25 heavy (non-hydrogen) atoms. The number of aliphatic hydroxyl groups is 1. The molecule has 8 heteroatoms. The molecule has 136 valence electrons. The van der Waals surface area contributed by atoms with E-state index < -0.39 is 5.60 Å². The summed E-state index contributed by atoms with van der Waals surface area (Å²) in [7, 11) is 0. The number of amides is 1. The first-order valence-electron chi connectivity index (χ1n) is 8.78. The van der Waals surface area contributed by atoms with Crippen LogP contribution < -0.4 is 5.73 Å². The van der Waals surface area contributed by atoms with Crippen LogP contribution in [0.15, 0.2) is 6.20 Å². The van der Waals surface area contributed by atoms with Crippen LogP contribution in [0.25, 0.3) is 0 Å². The highest BCUT2D eigenvalue weighted by Gasteiger charge is 2.56. The maximum Gasteiger partial charge on any atom is 0.257 e. The zero-order valence-electron chi connectivity index (χ0n) is 14.4. The molecule has 4 atom stereocenters. The second-order valence-corrected chi connectivity index (χ2v) is 7.24. The van der Waals surface area contributed by atoms with Crippen LogP contribution >= 0.6 is 0 Å². The molecule has 4 rings (SSSR count). The van der Waals surface area contributed by atoms with Gasteiger partial charge in [0.1, 0.15) is 0 Å². The van der Waals surface area contributed by atoms with Gasteiger partial charge in [0.15, 0.2) is 0 Å². The average molecular weight is 348 g/mol. The molecule has 0 unspecified atom stereocenters. The van der Waals surface area contributed by atoms with Gasteiger partial charge in [-0.15, -0.1) is 0 Å². The van der Waals surface area contributed by atoms with Gasteiger partial charge in [-0.05, 0) is 13.3 Å². The quantitative estimate of drug-likeness (QED) is 0.734. The normalized spacial score (nSPS) is 35.0. The van der Waals surface area contributed by atoms with Crippen molar-refractivity contribution in [2.75, 3.05) is 38.7 Å². The van der Waals surface area contributed by atoms with E-state index in [2.05, 4.69) is 9.97 Å². The van der Waals surface area contributed by atoms with Gasteiger partial charge in [0.25, 0.3) is 5.91 Å². The third kappa shape index (κ3) is 2.68. The summed E-state index contributed by atoms with van der Waals surface area (Å²) >= 11 is 0. The van der Waals surface area contributed by atoms with Crippen molar-refractivity contribution < 1.29 is 19.4 Å². The average Bonchev–Trinajstić information content (AvgIpc) is 2.61. The van der Waals surface area contributed by atoms with E-state index in [0.29, 0.717) is 50.7 Å². The zero-order valence-corrected chi connectivity index (χ0v) is 14.4. The number of rotatable bonds is 1. The first kappa shape index (κ1) is 16.7. The fourth-order valence-corrected chi connectivity index (χ4v) is 4.54. The first-order valence-corrected chi connectivity index (χ1v) is 8.78. The van der Waals surface area contributed by atoms with Gasteiger partial charge in [0.05, 0.1) is 30.1 Å². The second kappa shape index (κ2) is 6.19. The van der Waals surface area contributed by atoms with Crippen molar-refractivity contribution in [2.45, 2.75) is 31.4 Å². The Hall–Kier alpha value is -1.77. The molecule has 1 amide bonds. The summed E-state index contributed by atoms with van der Waals surface area (Å²) in [4.78, 5) is 23.2. The van der Waals surface area contributed by atoms with E-state index in [-0.39, 0.29) is 29.7 Å². The van der Waals surface area contributed by atoms with Crippen molar-refractivity contribution in [3.63, 3.8) is 0 Å². The highest BCUT2D eigenvalue weighted by Crippen LogP contribution is 2.44. The maximum absolute atomic E-state index is 13.2. The molecule has 0 aliphatic carbocycles. The van der Waals surface area contributed by atoms with E-state index in [9.17, 15) is 9.90 Å². The van der Waals surface area contributed by atoms with Gasteiger partial charge in [-0.1, -0.05) is 0 Å². The third-order valence-corrected chi connectivity index (χ3v) is 5.94. The lowest BCUT2D eigenvalue weighted by Crippen LogP contribution is -2.68. The molecule has 3 aliphatic heterocycles. The van der Waals surface area contributed by atoms with Gasteiger partial charge in [-0.3, -0.25) is 4.79 Å². The van der Waals surface area contributed by atoms with Crippen LogP contribution in [-0.2, 0) is 9.47 Å². The number of anilines is 1. The van der Waals surface area contributed by atoms with Gasteiger partial charge in [-0.25, -0.2) is 9.97 Å². The predicted octanol–water partition coefficient (Wildman–Crippen LogP) is -0.00428. The minimum atomic E-state index is -0.827. The summed E-state index contributed by atoms with van der Waals surface area (Å²) in [5.41, 5.74) is 5.81. The van der Waals surface area contributed by atoms with Gasteiger partial charge in [0, 0.05) is 50.3 Å². The molecule has 4 heterocycles. The number of hydrogen-bond donors (Lipinski definition) is 2. The summed E-state index contributed by atoms with van der Waals surface area (Å²) in [5.74, 6) is -0.153. The van der Waals surface area contributed by atoms with Gasteiger partial charge in [-0.2, -0.15) is 0 Å². The number of aryl methyl sites for hydroxylation is 1. The Balaban J connectivity index is 1.67. The molecule has 3 saturated heterocycles. The molecule has 8 nitrogen and oxygen atoms in total. The standard InChI is InChI=1S/C17H24N4O4/c1-10-12(6-19-16(18)20-10)15(22)21-7-11-8-25-5-3-17(11,23)13-9-24-4-2-14(13)21/h6,11,13-14,23H,2-5,7-9H2,1H3,(H2,18,19,20)/t11-,13+,14-,17-/m0/s1. The topological polar surface area (TPSA) is 111 Å². The van der Waals surface area contributed by atoms with Crippen molar-refractivity contribution >= 4 is 11.9 Å². The summed E-state index contributed by atoms with van der Waals surface area (Å²) in [6, 6.07) is -0.0439. The van der Waals surface area contributed by atoms with E-state index in [1.54, 1.807) is 6.92 Å². The van der Waals surface area contributed by atoms with E-state index in [0.717, 1.165) is 6.42 Å². The van der Waals surface area contributed by atoms with Gasteiger partial charge in [0.2, 0.25) is 5.95 Å².